The van der Waals surface area contributed by atoms with Crippen LogP contribution in [0.1, 0.15) is 23.5 Å². The van der Waals surface area contributed by atoms with Crippen LogP contribution in [0.15, 0.2) is 115 Å². The van der Waals surface area contributed by atoms with E-state index in [1.165, 1.54) is 11.1 Å². The Hall–Kier alpha value is -3.85. The van der Waals surface area contributed by atoms with Gasteiger partial charge in [0.25, 0.3) is 0 Å². The number of rotatable bonds is 7. The Kier molecular flexibility index (Phi) is 6.76. The van der Waals surface area contributed by atoms with Crippen LogP contribution in [0.2, 0.25) is 0 Å². The zero-order valence-corrected chi connectivity index (χ0v) is 17.4. The average molecular weight is 407 g/mol. The molecule has 31 heavy (non-hydrogen) atoms. The Morgan fingerprint density at radius 2 is 1.10 bits per heavy atom. The van der Waals surface area contributed by atoms with E-state index in [-0.39, 0.29) is 11.9 Å². The van der Waals surface area contributed by atoms with Crippen molar-refractivity contribution in [3.05, 3.63) is 126 Å². The fourth-order valence-corrected chi connectivity index (χ4v) is 3.78. The Morgan fingerprint density at radius 3 is 1.65 bits per heavy atom. The fraction of sp³-hybridized carbons (Fsp3) is 0.107. The van der Waals surface area contributed by atoms with Gasteiger partial charge >= 0.3 is 6.03 Å². The summed E-state index contributed by atoms with van der Waals surface area (Å²) in [4.78, 5) is 12.4. The SMILES string of the molecule is O=C(NCCC(c1ccccc1)c1ccccc1)Nc1ccc(-c2ccccc2)cc1. The summed E-state index contributed by atoms with van der Waals surface area (Å²) in [6.45, 7) is 0.586. The van der Waals surface area contributed by atoms with Crippen LogP contribution in [0.3, 0.4) is 0 Å². The zero-order valence-electron chi connectivity index (χ0n) is 17.4. The van der Waals surface area contributed by atoms with Gasteiger partial charge in [0, 0.05) is 18.2 Å². The molecule has 4 rings (SSSR count). The molecule has 3 nitrogen and oxygen atoms in total. The van der Waals surface area contributed by atoms with Gasteiger partial charge in [0.2, 0.25) is 0 Å². The van der Waals surface area contributed by atoms with Crippen molar-refractivity contribution in [3.63, 3.8) is 0 Å². The van der Waals surface area contributed by atoms with Gasteiger partial charge in [-0.1, -0.05) is 103 Å². The Balaban J connectivity index is 1.33. The molecular weight excluding hydrogens is 380 g/mol. The number of hydrogen-bond donors (Lipinski definition) is 2. The lowest BCUT2D eigenvalue weighted by atomic mass is 9.88. The predicted molar refractivity (Wildman–Crippen MR) is 128 cm³/mol. The minimum atomic E-state index is -0.188. The molecule has 0 saturated heterocycles. The number of urea groups is 1. The first kappa shape index (κ1) is 20.4. The first-order valence-electron chi connectivity index (χ1n) is 10.6. The molecule has 0 aliphatic rings. The van der Waals surface area contributed by atoms with Crippen LogP contribution in [0.5, 0.6) is 0 Å². The highest BCUT2D eigenvalue weighted by Gasteiger charge is 2.14. The summed E-state index contributed by atoms with van der Waals surface area (Å²) in [7, 11) is 0. The first-order valence-corrected chi connectivity index (χ1v) is 10.6. The van der Waals surface area contributed by atoms with E-state index in [1.54, 1.807) is 0 Å². The second kappa shape index (κ2) is 10.3. The molecule has 4 aromatic rings. The lowest BCUT2D eigenvalue weighted by molar-refractivity contribution is 0.252. The lowest BCUT2D eigenvalue weighted by Gasteiger charge is -2.18. The molecule has 0 fully saturated rings. The fourth-order valence-electron chi connectivity index (χ4n) is 3.78. The van der Waals surface area contributed by atoms with E-state index in [1.807, 2.05) is 54.6 Å². The summed E-state index contributed by atoms with van der Waals surface area (Å²) < 4.78 is 0. The number of carbonyl (C=O) groups is 1. The van der Waals surface area contributed by atoms with E-state index in [0.29, 0.717) is 6.54 Å². The summed E-state index contributed by atoms with van der Waals surface area (Å²) in [6.07, 6.45) is 0.828. The predicted octanol–water partition coefficient (Wildman–Crippen LogP) is 6.70. The largest absolute Gasteiger partial charge is 0.338 e. The minimum absolute atomic E-state index is 0.188. The molecule has 0 heterocycles. The molecule has 0 spiro atoms. The third-order valence-electron chi connectivity index (χ3n) is 5.37. The molecular formula is C28H26N2O. The Labute approximate surface area is 183 Å². The third-order valence-corrected chi connectivity index (χ3v) is 5.37. The Morgan fingerprint density at radius 1 is 0.613 bits per heavy atom. The van der Waals surface area contributed by atoms with Crippen molar-refractivity contribution in [2.24, 2.45) is 0 Å². The molecule has 0 aliphatic heterocycles. The smallest absolute Gasteiger partial charge is 0.319 e. The van der Waals surface area contributed by atoms with Gasteiger partial charge < -0.3 is 10.6 Å². The van der Waals surface area contributed by atoms with Gasteiger partial charge in [-0.3, -0.25) is 0 Å². The van der Waals surface area contributed by atoms with Gasteiger partial charge in [-0.05, 0) is 40.8 Å². The van der Waals surface area contributed by atoms with Crippen molar-refractivity contribution >= 4 is 11.7 Å². The molecule has 0 aliphatic carbocycles. The lowest BCUT2D eigenvalue weighted by Crippen LogP contribution is -2.30. The molecule has 4 aromatic carbocycles. The van der Waals surface area contributed by atoms with Crippen molar-refractivity contribution in [2.75, 3.05) is 11.9 Å². The minimum Gasteiger partial charge on any atom is -0.338 e. The van der Waals surface area contributed by atoms with Crippen molar-refractivity contribution < 1.29 is 4.79 Å². The summed E-state index contributed by atoms with van der Waals surface area (Å²) in [5.74, 6) is 0.243. The van der Waals surface area contributed by atoms with Gasteiger partial charge in [-0.2, -0.15) is 0 Å². The number of amides is 2. The topological polar surface area (TPSA) is 41.1 Å². The summed E-state index contributed by atoms with van der Waals surface area (Å²) in [5.41, 5.74) is 5.58. The summed E-state index contributed by atoms with van der Waals surface area (Å²) in [6, 6.07) is 38.8. The van der Waals surface area contributed by atoms with Gasteiger partial charge in [0.1, 0.15) is 0 Å². The van der Waals surface area contributed by atoms with Crippen molar-refractivity contribution in [3.8, 4) is 11.1 Å². The molecule has 2 amide bonds. The van der Waals surface area contributed by atoms with Crippen molar-refractivity contribution in [1.82, 2.24) is 5.32 Å². The van der Waals surface area contributed by atoms with Gasteiger partial charge in [0.05, 0.1) is 0 Å². The quantitative estimate of drug-likeness (QED) is 0.352. The molecule has 0 atom stereocenters. The molecule has 2 N–H and O–H groups in total. The second-order valence-electron chi connectivity index (χ2n) is 7.49. The highest BCUT2D eigenvalue weighted by molar-refractivity contribution is 5.89. The normalized spacial score (nSPS) is 10.6. The van der Waals surface area contributed by atoms with Gasteiger partial charge in [0.15, 0.2) is 0 Å². The van der Waals surface area contributed by atoms with Crippen molar-refractivity contribution in [1.29, 1.82) is 0 Å². The maximum Gasteiger partial charge on any atom is 0.319 e. The van der Waals surface area contributed by atoms with E-state index in [2.05, 4.69) is 71.3 Å². The van der Waals surface area contributed by atoms with Crippen molar-refractivity contribution in [2.45, 2.75) is 12.3 Å². The molecule has 0 unspecified atom stereocenters. The summed E-state index contributed by atoms with van der Waals surface area (Å²) in [5, 5.41) is 5.92. The Bertz CT molecular complexity index is 1040. The maximum absolute atomic E-state index is 12.4. The van der Waals surface area contributed by atoms with Crippen LogP contribution in [0.25, 0.3) is 11.1 Å². The van der Waals surface area contributed by atoms with E-state index < -0.39 is 0 Å². The summed E-state index contributed by atoms with van der Waals surface area (Å²) >= 11 is 0. The monoisotopic (exact) mass is 406 g/mol. The molecule has 0 bridgehead atoms. The molecule has 0 aromatic heterocycles. The standard InChI is InChI=1S/C28H26N2O/c31-28(30-26-18-16-23(17-19-26)22-10-4-1-5-11-22)29-21-20-27(24-12-6-2-7-13-24)25-14-8-3-9-15-25/h1-19,27H,20-21H2,(H2,29,30,31). The molecule has 0 saturated carbocycles. The van der Waals surface area contributed by atoms with Crippen LogP contribution in [0, 0.1) is 0 Å². The first-order chi connectivity index (χ1) is 15.3. The van der Waals surface area contributed by atoms with E-state index >= 15 is 0 Å². The molecule has 154 valence electrons. The van der Waals surface area contributed by atoms with Crippen LogP contribution in [0.4, 0.5) is 10.5 Å². The molecule has 3 heteroatoms. The number of nitrogens with one attached hydrogen (secondary N) is 2. The van der Waals surface area contributed by atoms with Crippen LogP contribution < -0.4 is 10.6 Å². The highest BCUT2D eigenvalue weighted by Crippen LogP contribution is 2.27. The third kappa shape index (κ3) is 5.61. The van der Waals surface area contributed by atoms with Crippen LogP contribution in [-0.2, 0) is 0 Å². The zero-order chi connectivity index (χ0) is 21.3. The average Bonchev–Trinajstić information content (AvgIpc) is 2.84. The highest BCUT2D eigenvalue weighted by atomic mass is 16.2. The second-order valence-corrected chi connectivity index (χ2v) is 7.49. The van der Waals surface area contributed by atoms with Gasteiger partial charge in [-0.25, -0.2) is 4.79 Å². The van der Waals surface area contributed by atoms with Crippen LogP contribution in [-0.4, -0.2) is 12.6 Å². The number of hydrogen-bond acceptors (Lipinski definition) is 1. The van der Waals surface area contributed by atoms with Crippen LogP contribution >= 0.6 is 0 Å². The molecule has 0 radical (unpaired) electrons. The maximum atomic E-state index is 12.4. The number of benzene rings is 4. The number of carbonyl (C=O) groups excluding carboxylic acids is 1. The van der Waals surface area contributed by atoms with E-state index in [0.717, 1.165) is 23.2 Å². The van der Waals surface area contributed by atoms with E-state index in [4.69, 9.17) is 0 Å². The number of anilines is 1. The van der Waals surface area contributed by atoms with Gasteiger partial charge in [-0.15, -0.1) is 0 Å². The van der Waals surface area contributed by atoms with E-state index in [9.17, 15) is 4.79 Å².